The number of hydrogen-bond donors (Lipinski definition) is 2. The molecule has 2 aromatic rings. The molecule has 0 saturated heterocycles. The summed E-state index contributed by atoms with van der Waals surface area (Å²) in [7, 11) is 1.31. The van der Waals surface area contributed by atoms with Gasteiger partial charge >= 0.3 is 11.9 Å². The van der Waals surface area contributed by atoms with E-state index >= 15 is 0 Å². The highest BCUT2D eigenvalue weighted by Gasteiger charge is 2.36. The lowest BCUT2D eigenvalue weighted by Crippen LogP contribution is -2.36. The van der Waals surface area contributed by atoms with Crippen molar-refractivity contribution in [3.05, 3.63) is 40.3 Å². The van der Waals surface area contributed by atoms with Gasteiger partial charge in [0, 0.05) is 10.4 Å². The number of carboxylic acids is 1. The van der Waals surface area contributed by atoms with Crippen LogP contribution in [-0.4, -0.2) is 30.1 Å². The number of anilines is 1. The molecule has 0 bridgehead atoms. The Balaban J connectivity index is 1.98. The molecule has 2 N–H and O–H groups in total. The average molecular weight is 416 g/mol. The van der Waals surface area contributed by atoms with Gasteiger partial charge in [-0.15, -0.1) is 11.3 Å². The number of aryl methyl sites for hydroxylation is 2. The van der Waals surface area contributed by atoms with Crippen molar-refractivity contribution in [2.75, 3.05) is 12.4 Å². The van der Waals surface area contributed by atoms with Gasteiger partial charge < -0.3 is 15.2 Å². The van der Waals surface area contributed by atoms with Crippen molar-refractivity contribution in [3.63, 3.8) is 0 Å². The van der Waals surface area contributed by atoms with Crippen molar-refractivity contribution >= 4 is 34.2 Å². The molecular weight excluding hydrogens is 390 g/mol. The maximum absolute atomic E-state index is 12.9. The van der Waals surface area contributed by atoms with Gasteiger partial charge in [-0.3, -0.25) is 9.59 Å². The number of esters is 1. The highest BCUT2D eigenvalue weighted by Crippen LogP contribution is 2.41. The molecule has 0 spiro atoms. The SMILES string of the molecule is COC(=O)c1c(NC(=O)[C@H]2CCCC[C@H]2C(=O)O)sc(C)c1-c1ccc(C)cc1. The van der Waals surface area contributed by atoms with Gasteiger partial charge in [0.2, 0.25) is 5.91 Å². The third-order valence-corrected chi connectivity index (χ3v) is 6.49. The van der Waals surface area contributed by atoms with Crippen molar-refractivity contribution in [1.82, 2.24) is 0 Å². The van der Waals surface area contributed by atoms with Gasteiger partial charge in [0.25, 0.3) is 0 Å². The standard InChI is InChI=1S/C22H25NO5S/c1-12-8-10-14(11-9-12)17-13(2)29-20(18(17)22(27)28-3)23-19(24)15-6-4-5-7-16(15)21(25)26/h8-11,15-16H,4-7H2,1-3H3,(H,23,24)(H,25,26)/t15-,16+/m0/s1. The van der Waals surface area contributed by atoms with Crippen LogP contribution in [-0.2, 0) is 14.3 Å². The fourth-order valence-corrected chi connectivity index (χ4v) is 5.01. The minimum atomic E-state index is -0.944. The number of carbonyl (C=O) groups excluding carboxylic acids is 2. The summed E-state index contributed by atoms with van der Waals surface area (Å²) in [6.07, 6.45) is 2.66. The number of benzene rings is 1. The number of methoxy groups -OCH3 is 1. The molecule has 29 heavy (non-hydrogen) atoms. The maximum Gasteiger partial charge on any atom is 0.341 e. The molecular formula is C22H25NO5S. The summed E-state index contributed by atoms with van der Waals surface area (Å²) in [5.41, 5.74) is 3.02. The van der Waals surface area contributed by atoms with Crippen LogP contribution in [0.2, 0.25) is 0 Å². The van der Waals surface area contributed by atoms with Gasteiger partial charge in [0.1, 0.15) is 10.6 Å². The first-order valence-corrected chi connectivity index (χ1v) is 10.5. The molecule has 1 aliphatic carbocycles. The van der Waals surface area contributed by atoms with Crippen LogP contribution >= 0.6 is 11.3 Å². The van der Waals surface area contributed by atoms with Crippen LogP contribution in [0.5, 0.6) is 0 Å². The van der Waals surface area contributed by atoms with E-state index in [-0.39, 0.29) is 5.91 Å². The number of carboxylic acid groups (broad SMARTS) is 1. The van der Waals surface area contributed by atoms with E-state index < -0.39 is 23.8 Å². The van der Waals surface area contributed by atoms with Crippen LogP contribution in [0.4, 0.5) is 5.00 Å². The van der Waals surface area contributed by atoms with Crippen LogP contribution in [0.1, 0.15) is 46.5 Å². The number of carbonyl (C=O) groups is 3. The van der Waals surface area contributed by atoms with Crippen LogP contribution in [0, 0.1) is 25.7 Å². The van der Waals surface area contributed by atoms with Crippen LogP contribution < -0.4 is 5.32 Å². The molecule has 154 valence electrons. The summed E-state index contributed by atoms with van der Waals surface area (Å²) in [6.45, 7) is 3.88. The molecule has 1 aromatic heterocycles. The Labute approximate surface area is 173 Å². The third-order valence-electron chi connectivity index (χ3n) is 5.47. The van der Waals surface area contributed by atoms with Gasteiger partial charge in [0.05, 0.1) is 18.9 Å². The van der Waals surface area contributed by atoms with Crippen molar-refractivity contribution in [1.29, 1.82) is 0 Å². The summed E-state index contributed by atoms with van der Waals surface area (Å²) in [4.78, 5) is 37.9. The van der Waals surface area contributed by atoms with E-state index in [1.165, 1.54) is 18.4 Å². The first-order chi connectivity index (χ1) is 13.8. The monoisotopic (exact) mass is 415 g/mol. The Hall–Kier alpha value is -2.67. The number of aliphatic carboxylic acids is 1. The quantitative estimate of drug-likeness (QED) is 0.694. The van der Waals surface area contributed by atoms with Gasteiger partial charge in [-0.2, -0.15) is 0 Å². The largest absolute Gasteiger partial charge is 0.481 e. The fraction of sp³-hybridized carbons (Fsp3) is 0.409. The minimum Gasteiger partial charge on any atom is -0.481 e. The van der Waals surface area contributed by atoms with Gasteiger partial charge in [0.15, 0.2) is 0 Å². The van der Waals surface area contributed by atoms with E-state index in [1.807, 2.05) is 38.1 Å². The summed E-state index contributed by atoms with van der Waals surface area (Å²) in [5, 5.41) is 12.7. The second-order valence-electron chi connectivity index (χ2n) is 7.42. The smallest absolute Gasteiger partial charge is 0.341 e. The molecule has 2 atom stereocenters. The van der Waals surface area contributed by atoms with Crippen molar-refractivity contribution < 1.29 is 24.2 Å². The number of rotatable bonds is 5. The topological polar surface area (TPSA) is 92.7 Å². The van der Waals surface area contributed by atoms with Gasteiger partial charge in [-0.1, -0.05) is 42.7 Å². The lowest BCUT2D eigenvalue weighted by atomic mass is 9.78. The van der Waals surface area contributed by atoms with E-state index in [2.05, 4.69) is 5.32 Å². The second-order valence-corrected chi connectivity index (χ2v) is 8.64. The fourth-order valence-electron chi connectivity index (χ4n) is 3.94. The van der Waals surface area contributed by atoms with Crippen molar-refractivity contribution in [2.45, 2.75) is 39.5 Å². The summed E-state index contributed by atoms with van der Waals surface area (Å²) in [6, 6.07) is 7.80. The highest BCUT2D eigenvalue weighted by atomic mass is 32.1. The highest BCUT2D eigenvalue weighted by molar-refractivity contribution is 7.17. The maximum atomic E-state index is 12.9. The summed E-state index contributed by atoms with van der Waals surface area (Å²) in [5.74, 6) is -3.11. The molecule has 3 rings (SSSR count). The minimum absolute atomic E-state index is 0.315. The molecule has 1 amide bonds. The predicted molar refractivity (Wildman–Crippen MR) is 112 cm³/mol. The molecule has 0 aliphatic heterocycles. The zero-order valence-electron chi connectivity index (χ0n) is 16.8. The Bertz CT molecular complexity index is 931. The van der Waals surface area contributed by atoms with E-state index in [0.717, 1.165) is 34.4 Å². The van der Waals surface area contributed by atoms with Crippen LogP contribution in [0.15, 0.2) is 24.3 Å². The van der Waals surface area contributed by atoms with Gasteiger partial charge in [-0.25, -0.2) is 4.79 Å². The predicted octanol–water partition coefficient (Wildman–Crippen LogP) is 4.65. The molecule has 7 heteroatoms. The number of hydrogen-bond acceptors (Lipinski definition) is 5. The summed E-state index contributed by atoms with van der Waals surface area (Å²) < 4.78 is 4.98. The molecule has 1 fully saturated rings. The summed E-state index contributed by atoms with van der Waals surface area (Å²) >= 11 is 1.31. The molecule has 1 aliphatic rings. The number of ether oxygens (including phenoxy) is 1. The second kappa shape index (κ2) is 8.78. The molecule has 0 radical (unpaired) electrons. The molecule has 6 nitrogen and oxygen atoms in total. The zero-order valence-corrected chi connectivity index (χ0v) is 17.6. The average Bonchev–Trinajstić information content (AvgIpc) is 3.03. The first kappa shape index (κ1) is 21.0. The first-order valence-electron chi connectivity index (χ1n) is 9.66. The zero-order chi connectivity index (χ0) is 21.1. The lowest BCUT2D eigenvalue weighted by Gasteiger charge is -2.27. The van der Waals surface area contributed by atoms with E-state index in [1.54, 1.807) is 0 Å². The normalized spacial score (nSPS) is 18.9. The Kier molecular flexibility index (Phi) is 6.37. The van der Waals surface area contributed by atoms with E-state index in [9.17, 15) is 19.5 Å². The van der Waals surface area contributed by atoms with E-state index in [0.29, 0.717) is 23.4 Å². The molecule has 1 saturated carbocycles. The Morgan fingerprint density at radius 3 is 2.28 bits per heavy atom. The van der Waals surface area contributed by atoms with Crippen molar-refractivity contribution in [3.8, 4) is 11.1 Å². The van der Waals surface area contributed by atoms with Crippen molar-refractivity contribution in [2.24, 2.45) is 11.8 Å². The van der Waals surface area contributed by atoms with Crippen LogP contribution in [0.25, 0.3) is 11.1 Å². The lowest BCUT2D eigenvalue weighted by molar-refractivity contribution is -0.147. The number of thiophene rings is 1. The molecule has 1 aromatic carbocycles. The Morgan fingerprint density at radius 2 is 1.69 bits per heavy atom. The van der Waals surface area contributed by atoms with Crippen LogP contribution in [0.3, 0.4) is 0 Å². The molecule has 0 unspecified atom stereocenters. The number of nitrogens with one attached hydrogen (secondary N) is 1. The Morgan fingerprint density at radius 1 is 1.07 bits per heavy atom. The number of amides is 1. The van der Waals surface area contributed by atoms with E-state index in [4.69, 9.17) is 4.74 Å². The third kappa shape index (κ3) is 4.34. The molecule has 1 heterocycles. The van der Waals surface area contributed by atoms with Gasteiger partial charge in [-0.05, 0) is 32.3 Å².